The zero-order valence-corrected chi connectivity index (χ0v) is 7.08. The Morgan fingerprint density at radius 3 is 3.17 bits per heavy atom. The molecule has 0 amide bonds. The molecule has 0 spiro atoms. The van der Waals surface area contributed by atoms with Crippen LogP contribution in [0.2, 0.25) is 0 Å². The molecule has 4 heteroatoms. The van der Waals surface area contributed by atoms with Gasteiger partial charge in [-0.2, -0.15) is 0 Å². The van der Waals surface area contributed by atoms with E-state index in [0.717, 1.165) is 19.4 Å². The van der Waals surface area contributed by atoms with Gasteiger partial charge in [-0.25, -0.2) is 0 Å². The molecule has 68 valence electrons. The maximum Gasteiger partial charge on any atom is 0.322 e. The van der Waals surface area contributed by atoms with Gasteiger partial charge in [0.1, 0.15) is 6.04 Å². The number of hydrogen-bond donors (Lipinski definition) is 1. The summed E-state index contributed by atoms with van der Waals surface area (Å²) in [6.45, 7) is 0.816. The normalized spacial score (nSPS) is 39.6. The summed E-state index contributed by atoms with van der Waals surface area (Å²) in [6, 6.07) is 0.222. The second kappa shape index (κ2) is 3.03. The predicted molar refractivity (Wildman–Crippen MR) is 41.7 cm³/mol. The Hall–Kier alpha value is -0.610. The summed E-state index contributed by atoms with van der Waals surface area (Å²) >= 11 is 0. The predicted octanol–water partition coefficient (Wildman–Crippen LogP) is -0.321. The number of carbonyl (C=O) groups is 1. The third-order valence-corrected chi connectivity index (χ3v) is 2.58. The third kappa shape index (κ3) is 1.21. The topological polar surface area (TPSA) is 47.6 Å². The highest BCUT2D eigenvalue weighted by atomic mass is 16.5. The van der Waals surface area contributed by atoms with Crippen molar-refractivity contribution in [3.05, 3.63) is 0 Å². The van der Waals surface area contributed by atoms with Crippen molar-refractivity contribution in [3.63, 3.8) is 0 Å². The van der Waals surface area contributed by atoms with Gasteiger partial charge in [-0.1, -0.05) is 0 Å². The summed E-state index contributed by atoms with van der Waals surface area (Å²) in [5.41, 5.74) is 0. The molecule has 0 radical (unpaired) electrons. The van der Waals surface area contributed by atoms with E-state index >= 15 is 0 Å². The molecule has 0 saturated carbocycles. The van der Waals surface area contributed by atoms with Gasteiger partial charge in [0, 0.05) is 19.1 Å². The van der Waals surface area contributed by atoms with Crippen molar-refractivity contribution in [2.24, 2.45) is 0 Å². The Labute approximate surface area is 71.2 Å². The Kier molecular flexibility index (Phi) is 2.02. The summed E-state index contributed by atoms with van der Waals surface area (Å²) < 4.78 is 10.1. The molecule has 0 aromatic carbocycles. The Morgan fingerprint density at radius 2 is 2.50 bits per heavy atom. The summed E-state index contributed by atoms with van der Waals surface area (Å²) in [4.78, 5) is 11.1. The highest BCUT2D eigenvalue weighted by Gasteiger charge is 2.41. The molecule has 3 atom stereocenters. The molecule has 4 nitrogen and oxygen atoms in total. The van der Waals surface area contributed by atoms with Gasteiger partial charge in [-0.15, -0.1) is 0 Å². The molecule has 0 aromatic heterocycles. The van der Waals surface area contributed by atoms with Crippen LogP contribution < -0.4 is 5.32 Å². The zero-order valence-electron chi connectivity index (χ0n) is 7.08. The molecule has 2 aliphatic heterocycles. The fourth-order valence-electron chi connectivity index (χ4n) is 1.94. The molecule has 1 N–H and O–H groups in total. The number of esters is 1. The van der Waals surface area contributed by atoms with Crippen molar-refractivity contribution in [2.75, 3.05) is 13.7 Å². The maximum absolute atomic E-state index is 11.1. The first-order valence-electron chi connectivity index (χ1n) is 4.26. The molecule has 2 heterocycles. The number of ether oxygens (including phenoxy) is 2. The second-order valence-corrected chi connectivity index (χ2v) is 3.28. The monoisotopic (exact) mass is 171 g/mol. The molecule has 2 aliphatic rings. The fourth-order valence-corrected chi connectivity index (χ4v) is 1.94. The molecule has 2 rings (SSSR count). The number of rotatable bonds is 1. The van der Waals surface area contributed by atoms with Crippen LogP contribution in [0, 0.1) is 0 Å². The van der Waals surface area contributed by atoms with E-state index in [1.54, 1.807) is 0 Å². The van der Waals surface area contributed by atoms with Crippen molar-refractivity contribution in [1.82, 2.24) is 5.32 Å². The van der Waals surface area contributed by atoms with Gasteiger partial charge in [0.05, 0.1) is 13.2 Å². The number of hydrogen-bond acceptors (Lipinski definition) is 4. The summed E-state index contributed by atoms with van der Waals surface area (Å²) in [6.07, 6.45) is 2.00. The number of methoxy groups -OCH3 is 1. The molecule has 0 unspecified atom stereocenters. The van der Waals surface area contributed by atoms with Gasteiger partial charge in [0.15, 0.2) is 0 Å². The molecule has 12 heavy (non-hydrogen) atoms. The largest absolute Gasteiger partial charge is 0.468 e. The van der Waals surface area contributed by atoms with E-state index in [-0.39, 0.29) is 18.1 Å². The zero-order chi connectivity index (χ0) is 8.55. The first-order valence-corrected chi connectivity index (χ1v) is 4.26. The Morgan fingerprint density at radius 1 is 1.67 bits per heavy atom. The SMILES string of the molecule is COC(=O)[C@@H]1C[C@@H]2OCC[C@@H]2N1. The average Bonchev–Trinajstić information content (AvgIpc) is 2.60. The van der Waals surface area contributed by atoms with E-state index in [9.17, 15) is 4.79 Å². The lowest BCUT2D eigenvalue weighted by Gasteiger charge is -2.08. The first kappa shape index (κ1) is 8.01. The molecule has 0 aromatic rings. The van der Waals surface area contributed by atoms with E-state index in [0.29, 0.717) is 6.04 Å². The van der Waals surface area contributed by atoms with Crippen LogP contribution in [0.15, 0.2) is 0 Å². The highest BCUT2D eigenvalue weighted by molar-refractivity contribution is 5.76. The molecular weight excluding hydrogens is 158 g/mol. The van der Waals surface area contributed by atoms with Crippen LogP contribution in [0.3, 0.4) is 0 Å². The fraction of sp³-hybridized carbons (Fsp3) is 0.875. The van der Waals surface area contributed by atoms with Gasteiger partial charge in [-0.05, 0) is 6.42 Å². The van der Waals surface area contributed by atoms with E-state index in [1.165, 1.54) is 7.11 Å². The van der Waals surface area contributed by atoms with E-state index in [2.05, 4.69) is 10.1 Å². The molecule has 2 saturated heterocycles. The van der Waals surface area contributed by atoms with Gasteiger partial charge in [0.25, 0.3) is 0 Å². The van der Waals surface area contributed by atoms with Gasteiger partial charge < -0.3 is 9.47 Å². The summed E-state index contributed by atoms with van der Waals surface area (Å²) in [5.74, 6) is -0.173. The minimum atomic E-state index is -0.173. The van der Waals surface area contributed by atoms with Crippen LogP contribution in [-0.4, -0.2) is 37.9 Å². The lowest BCUT2D eigenvalue weighted by molar-refractivity contribution is -0.143. The molecule has 0 aliphatic carbocycles. The summed E-state index contributed by atoms with van der Waals surface area (Å²) in [7, 11) is 1.42. The van der Waals surface area contributed by atoms with Crippen molar-refractivity contribution in [2.45, 2.75) is 31.0 Å². The summed E-state index contributed by atoms with van der Waals surface area (Å²) in [5, 5.41) is 3.20. The molecular formula is C8H13NO3. The van der Waals surface area contributed by atoms with Crippen LogP contribution in [0.4, 0.5) is 0 Å². The van der Waals surface area contributed by atoms with Gasteiger partial charge in [0.2, 0.25) is 0 Å². The lowest BCUT2D eigenvalue weighted by Crippen LogP contribution is -2.36. The van der Waals surface area contributed by atoms with Crippen LogP contribution in [-0.2, 0) is 14.3 Å². The van der Waals surface area contributed by atoms with Crippen molar-refractivity contribution >= 4 is 5.97 Å². The molecule has 2 fully saturated rings. The van der Waals surface area contributed by atoms with E-state index in [1.807, 2.05) is 0 Å². The minimum Gasteiger partial charge on any atom is -0.468 e. The molecule has 0 bridgehead atoms. The number of nitrogens with one attached hydrogen (secondary N) is 1. The Balaban J connectivity index is 1.94. The minimum absolute atomic E-state index is 0.148. The van der Waals surface area contributed by atoms with Crippen molar-refractivity contribution < 1.29 is 14.3 Å². The number of fused-ring (bicyclic) bond motifs is 1. The van der Waals surface area contributed by atoms with Crippen LogP contribution in [0.1, 0.15) is 12.8 Å². The van der Waals surface area contributed by atoms with Crippen LogP contribution >= 0.6 is 0 Å². The van der Waals surface area contributed by atoms with Crippen molar-refractivity contribution in [3.8, 4) is 0 Å². The Bertz CT molecular complexity index is 183. The van der Waals surface area contributed by atoms with Crippen molar-refractivity contribution in [1.29, 1.82) is 0 Å². The quantitative estimate of drug-likeness (QED) is 0.549. The van der Waals surface area contributed by atoms with E-state index < -0.39 is 0 Å². The average molecular weight is 171 g/mol. The lowest BCUT2D eigenvalue weighted by atomic mass is 10.1. The highest BCUT2D eigenvalue weighted by Crippen LogP contribution is 2.25. The number of carbonyl (C=O) groups excluding carboxylic acids is 1. The smallest absolute Gasteiger partial charge is 0.322 e. The van der Waals surface area contributed by atoms with Gasteiger partial charge in [-0.3, -0.25) is 10.1 Å². The third-order valence-electron chi connectivity index (χ3n) is 2.58. The van der Waals surface area contributed by atoms with Gasteiger partial charge >= 0.3 is 5.97 Å². The maximum atomic E-state index is 11.1. The first-order chi connectivity index (χ1) is 5.81. The van der Waals surface area contributed by atoms with Crippen LogP contribution in [0.5, 0.6) is 0 Å². The standard InChI is InChI=1S/C8H13NO3/c1-11-8(10)6-4-7-5(9-6)2-3-12-7/h5-7,9H,2-4H2,1H3/t5-,6-,7-/m0/s1. The van der Waals surface area contributed by atoms with E-state index in [4.69, 9.17) is 4.74 Å². The second-order valence-electron chi connectivity index (χ2n) is 3.28. The van der Waals surface area contributed by atoms with Crippen LogP contribution in [0.25, 0.3) is 0 Å².